The van der Waals surface area contributed by atoms with E-state index in [-0.39, 0.29) is 0 Å². The lowest BCUT2D eigenvalue weighted by atomic mass is 10.3. The number of hydrogen-bond donors (Lipinski definition) is 0. The molecule has 1 aromatic carbocycles. The minimum Gasteiger partial charge on any atom is -0.308 e. The van der Waals surface area contributed by atoms with Crippen LogP contribution < -0.4 is 4.89 Å². The number of benzene rings is 1. The highest BCUT2D eigenvalue weighted by atomic mass is 17.5. The molecule has 0 aromatic heterocycles. The minimum atomic E-state index is 0.559. The Labute approximate surface area is 78.1 Å². The predicted molar refractivity (Wildman–Crippen MR) is 49.0 cm³/mol. The van der Waals surface area contributed by atoms with Gasteiger partial charge in [-0.15, -0.1) is 0 Å². The molecule has 0 aliphatic carbocycles. The fraction of sp³-hybridized carbons (Fsp3) is 0.400. The van der Waals surface area contributed by atoms with Gasteiger partial charge < -0.3 is 4.89 Å². The van der Waals surface area contributed by atoms with Crippen LogP contribution in [0.15, 0.2) is 30.3 Å². The summed E-state index contributed by atoms with van der Waals surface area (Å²) in [5.41, 5.74) is 0. The molecule has 13 heavy (non-hydrogen) atoms. The molecule has 0 heterocycles. The number of para-hydroxylation sites is 1. The zero-order valence-electron chi connectivity index (χ0n) is 7.73. The van der Waals surface area contributed by atoms with Crippen molar-refractivity contribution in [3.05, 3.63) is 30.3 Å². The molecule has 3 heteroatoms. The summed E-state index contributed by atoms with van der Waals surface area (Å²) in [5, 5.41) is 4.52. The van der Waals surface area contributed by atoms with Gasteiger partial charge in [-0.05, 0) is 23.6 Å². The number of unbranched alkanes of at least 4 members (excludes halogenated alkanes) is 1. The van der Waals surface area contributed by atoms with E-state index in [1.807, 2.05) is 18.2 Å². The largest absolute Gasteiger partial charge is 0.308 e. The van der Waals surface area contributed by atoms with E-state index in [1.165, 1.54) is 0 Å². The van der Waals surface area contributed by atoms with E-state index < -0.39 is 0 Å². The molecular weight excluding hydrogens is 168 g/mol. The van der Waals surface area contributed by atoms with E-state index in [2.05, 4.69) is 12.0 Å². The molecule has 72 valence electrons. The van der Waals surface area contributed by atoms with Gasteiger partial charge in [-0.25, -0.2) is 0 Å². The van der Waals surface area contributed by atoms with Gasteiger partial charge in [-0.3, -0.25) is 0 Å². The molecule has 0 N–H and O–H groups in total. The zero-order valence-corrected chi connectivity index (χ0v) is 7.73. The Bertz CT molecular complexity index is 211. The molecule has 3 nitrogen and oxygen atoms in total. The summed E-state index contributed by atoms with van der Waals surface area (Å²) in [6.07, 6.45) is 2.05. The summed E-state index contributed by atoms with van der Waals surface area (Å²) in [6, 6.07) is 9.23. The Morgan fingerprint density at radius 2 is 1.92 bits per heavy atom. The first-order chi connectivity index (χ1) is 6.43. The van der Waals surface area contributed by atoms with Crippen molar-refractivity contribution in [1.82, 2.24) is 0 Å². The van der Waals surface area contributed by atoms with Crippen molar-refractivity contribution < 1.29 is 14.8 Å². The van der Waals surface area contributed by atoms with Crippen molar-refractivity contribution in [2.24, 2.45) is 0 Å². The van der Waals surface area contributed by atoms with Gasteiger partial charge in [0, 0.05) is 0 Å². The van der Waals surface area contributed by atoms with Crippen molar-refractivity contribution in [3.8, 4) is 5.75 Å². The van der Waals surface area contributed by atoms with Gasteiger partial charge in [0.2, 0.25) is 0 Å². The average molecular weight is 182 g/mol. The Morgan fingerprint density at radius 1 is 1.15 bits per heavy atom. The van der Waals surface area contributed by atoms with Gasteiger partial charge in [0.15, 0.2) is 5.75 Å². The molecule has 0 unspecified atom stereocenters. The molecule has 0 aliphatic rings. The van der Waals surface area contributed by atoms with Crippen LogP contribution in [0, 0.1) is 0 Å². The van der Waals surface area contributed by atoms with Crippen LogP contribution >= 0.6 is 0 Å². The lowest BCUT2D eigenvalue weighted by Crippen LogP contribution is -2.00. The molecule has 0 spiro atoms. The van der Waals surface area contributed by atoms with E-state index in [9.17, 15) is 0 Å². The molecule has 0 fully saturated rings. The Kier molecular flexibility index (Phi) is 4.98. The second kappa shape index (κ2) is 6.46. The molecule has 0 saturated heterocycles. The molecule has 0 amide bonds. The van der Waals surface area contributed by atoms with Crippen LogP contribution in [0.25, 0.3) is 0 Å². The molecule has 0 bridgehead atoms. The molecule has 0 atom stereocenters. The first kappa shape index (κ1) is 10.0. The summed E-state index contributed by atoms with van der Waals surface area (Å²) < 4.78 is 0. The van der Waals surface area contributed by atoms with E-state index in [1.54, 1.807) is 12.1 Å². The Hall–Kier alpha value is -1.06. The normalized spacial score (nSPS) is 9.92. The van der Waals surface area contributed by atoms with Gasteiger partial charge >= 0.3 is 0 Å². The lowest BCUT2D eigenvalue weighted by molar-refractivity contribution is -0.466. The second-order valence-electron chi connectivity index (χ2n) is 2.64. The van der Waals surface area contributed by atoms with Crippen molar-refractivity contribution in [1.29, 1.82) is 0 Å². The van der Waals surface area contributed by atoms with Gasteiger partial charge in [0.25, 0.3) is 0 Å². The van der Waals surface area contributed by atoms with Gasteiger partial charge in [-0.2, -0.15) is 4.89 Å². The van der Waals surface area contributed by atoms with Crippen LogP contribution in [0.5, 0.6) is 5.75 Å². The third kappa shape index (κ3) is 4.50. The molecule has 0 radical (unpaired) electrons. The van der Waals surface area contributed by atoms with Crippen LogP contribution in [0.3, 0.4) is 0 Å². The van der Waals surface area contributed by atoms with Crippen LogP contribution in [-0.2, 0) is 9.93 Å². The summed E-state index contributed by atoms with van der Waals surface area (Å²) >= 11 is 0. The van der Waals surface area contributed by atoms with Crippen LogP contribution in [0.1, 0.15) is 19.8 Å². The maximum Gasteiger partial charge on any atom is 0.168 e. The molecule has 1 rings (SSSR count). The van der Waals surface area contributed by atoms with E-state index in [0.29, 0.717) is 12.4 Å². The highest BCUT2D eigenvalue weighted by Crippen LogP contribution is 2.08. The van der Waals surface area contributed by atoms with Crippen molar-refractivity contribution in [3.63, 3.8) is 0 Å². The summed E-state index contributed by atoms with van der Waals surface area (Å²) in [6.45, 7) is 2.64. The standard InChI is InChI=1S/C10H14O3/c1-2-3-9-11-13-12-10-7-5-4-6-8-10/h4-8H,2-3,9H2,1H3. The van der Waals surface area contributed by atoms with Crippen molar-refractivity contribution in [2.75, 3.05) is 6.61 Å². The van der Waals surface area contributed by atoms with E-state index in [4.69, 9.17) is 9.78 Å². The number of hydrogen-bond acceptors (Lipinski definition) is 3. The van der Waals surface area contributed by atoms with Gasteiger partial charge in [0.1, 0.15) is 0 Å². The van der Waals surface area contributed by atoms with Crippen LogP contribution in [0.4, 0.5) is 0 Å². The topological polar surface area (TPSA) is 27.7 Å². The third-order valence-corrected chi connectivity index (χ3v) is 1.50. The predicted octanol–water partition coefficient (Wildman–Crippen LogP) is 2.73. The fourth-order valence-corrected chi connectivity index (χ4v) is 0.777. The third-order valence-electron chi connectivity index (χ3n) is 1.50. The van der Waals surface area contributed by atoms with Crippen LogP contribution in [0.2, 0.25) is 0 Å². The SMILES string of the molecule is CCCCOOOc1ccccc1. The Balaban J connectivity index is 2.07. The monoisotopic (exact) mass is 182 g/mol. The van der Waals surface area contributed by atoms with Crippen molar-refractivity contribution >= 4 is 0 Å². The second-order valence-corrected chi connectivity index (χ2v) is 2.64. The highest BCUT2D eigenvalue weighted by molar-refractivity contribution is 5.19. The summed E-state index contributed by atoms with van der Waals surface area (Å²) in [7, 11) is 0. The first-order valence-electron chi connectivity index (χ1n) is 4.44. The average Bonchev–Trinajstić information content (AvgIpc) is 2.19. The summed E-state index contributed by atoms with van der Waals surface area (Å²) in [5.74, 6) is 0.638. The maximum atomic E-state index is 4.83. The maximum absolute atomic E-state index is 4.83. The zero-order chi connectivity index (χ0) is 9.36. The lowest BCUT2D eigenvalue weighted by Gasteiger charge is -2.02. The van der Waals surface area contributed by atoms with E-state index >= 15 is 0 Å². The smallest absolute Gasteiger partial charge is 0.168 e. The highest BCUT2D eigenvalue weighted by Gasteiger charge is 1.92. The quantitative estimate of drug-likeness (QED) is 0.384. The molecular formula is C10H14O3. The first-order valence-corrected chi connectivity index (χ1v) is 4.44. The van der Waals surface area contributed by atoms with Gasteiger partial charge in [-0.1, -0.05) is 31.5 Å². The molecule has 0 aliphatic heterocycles. The summed E-state index contributed by atoms with van der Waals surface area (Å²) in [4.78, 5) is 9.59. The molecule has 0 saturated carbocycles. The molecule has 1 aromatic rings. The van der Waals surface area contributed by atoms with Crippen molar-refractivity contribution in [2.45, 2.75) is 19.8 Å². The van der Waals surface area contributed by atoms with E-state index in [0.717, 1.165) is 12.8 Å². The van der Waals surface area contributed by atoms with Gasteiger partial charge in [0.05, 0.1) is 6.61 Å². The number of rotatable bonds is 6. The Morgan fingerprint density at radius 3 is 2.62 bits per heavy atom. The fourth-order valence-electron chi connectivity index (χ4n) is 0.777. The van der Waals surface area contributed by atoms with Crippen LogP contribution in [-0.4, -0.2) is 6.61 Å². The minimum absolute atomic E-state index is 0.559.